The Bertz CT molecular complexity index is 575. The molecule has 1 N–H and O–H groups in total. The molecule has 0 aromatic heterocycles. The third-order valence-corrected chi connectivity index (χ3v) is 3.73. The fourth-order valence-corrected chi connectivity index (χ4v) is 2.45. The van der Waals surface area contributed by atoms with Gasteiger partial charge in [-0.2, -0.15) is 0 Å². The summed E-state index contributed by atoms with van der Waals surface area (Å²) in [5.74, 6) is 0.846. The second-order valence-electron chi connectivity index (χ2n) is 5.70. The maximum Gasteiger partial charge on any atom is 1.00 e. The van der Waals surface area contributed by atoms with E-state index in [-0.39, 0.29) is 37.4 Å². The van der Waals surface area contributed by atoms with Gasteiger partial charge < -0.3 is 16.1 Å². The quantitative estimate of drug-likeness (QED) is 0.395. The topological polar surface area (TPSA) is 46.5 Å². The molecule has 2 aromatic carbocycles. The number of carbonyl (C=O) groups excluding carboxylic acids is 1. The van der Waals surface area contributed by atoms with Gasteiger partial charge in [-0.3, -0.25) is 0 Å². The van der Waals surface area contributed by atoms with Gasteiger partial charge in [0, 0.05) is 6.42 Å². The molecule has 2 aromatic rings. The first-order chi connectivity index (χ1) is 11.3. The van der Waals surface area contributed by atoms with Gasteiger partial charge in [-0.15, -0.1) is 0 Å². The van der Waals surface area contributed by atoms with Crippen LogP contribution in [0.2, 0.25) is 0 Å². The summed E-state index contributed by atoms with van der Waals surface area (Å²) in [7, 11) is 0. The van der Waals surface area contributed by atoms with Gasteiger partial charge in [-0.25, -0.2) is 0 Å². The van der Waals surface area contributed by atoms with E-state index in [1.165, 1.54) is 5.56 Å². The van der Waals surface area contributed by atoms with Crippen LogP contribution in [0.3, 0.4) is 0 Å². The average molecular weight is 336 g/mol. The van der Waals surface area contributed by atoms with Crippen LogP contribution in [-0.2, 0) is 17.6 Å². The number of aliphatic hydroxyl groups is 1. The van der Waals surface area contributed by atoms with Gasteiger partial charge in [0.05, 0.1) is 12.7 Å². The van der Waals surface area contributed by atoms with Crippen LogP contribution in [0.4, 0.5) is 0 Å². The van der Waals surface area contributed by atoms with Crippen molar-refractivity contribution in [2.75, 3.05) is 6.61 Å². The Labute approximate surface area is 167 Å². The first kappa shape index (κ1) is 20.9. The molecule has 0 spiro atoms. The molecule has 0 aliphatic heterocycles. The summed E-state index contributed by atoms with van der Waals surface area (Å²) in [5, 5.41) is 9.60. The van der Waals surface area contributed by atoms with Crippen molar-refractivity contribution < 1.29 is 45.6 Å². The monoisotopic (exact) mass is 336 g/mol. The number of rotatable bonds is 10. The number of hydrogen-bond acceptors (Lipinski definition) is 3. The van der Waals surface area contributed by atoms with Gasteiger partial charge in [0.15, 0.2) is 0 Å². The molecule has 0 aliphatic carbocycles. The molecule has 0 saturated heterocycles. The van der Waals surface area contributed by atoms with Crippen LogP contribution >= 0.6 is 0 Å². The van der Waals surface area contributed by atoms with Crippen LogP contribution in [0.1, 0.15) is 31.8 Å². The van der Waals surface area contributed by atoms with Gasteiger partial charge in [-0.05, 0) is 48.9 Å². The zero-order valence-corrected chi connectivity index (χ0v) is 16.4. The summed E-state index contributed by atoms with van der Waals surface area (Å²) in [4.78, 5) is 10.3. The second-order valence-corrected chi connectivity index (χ2v) is 5.70. The van der Waals surface area contributed by atoms with E-state index in [1.807, 2.05) is 30.3 Å². The van der Waals surface area contributed by atoms with Gasteiger partial charge >= 0.3 is 29.6 Å². The SMILES string of the molecule is O=CCC(O)Cc1ccc(OCCCCc2ccccc2)cc1.[H-].[Na+]. The number of aryl methyl sites for hydroxylation is 1. The van der Waals surface area contributed by atoms with E-state index in [0.29, 0.717) is 13.0 Å². The number of ether oxygens (including phenoxy) is 1. The van der Waals surface area contributed by atoms with Crippen molar-refractivity contribution in [1.29, 1.82) is 0 Å². The van der Waals surface area contributed by atoms with E-state index < -0.39 is 6.10 Å². The van der Waals surface area contributed by atoms with E-state index in [1.54, 1.807) is 0 Å². The summed E-state index contributed by atoms with van der Waals surface area (Å²) in [5.41, 5.74) is 2.38. The Hall–Kier alpha value is -1.13. The summed E-state index contributed by atoms with van der Waals surface area (Å²) in [6.45, 7) is 0.708. The van der Waals surface area contributed by atoms with Crippen molar-refractivity contribution in [3.05, 3.63) is 65.7 Å². The fourth-order valence-electron chi connectivity index (χ4n) is 2.45. The van der Waals surface area contributed by atoms with Crippen LogP contribution in [0.5, 0.6) is 5.75 Å². The second kappa shape index (κ2) is 12.3. The number of hydrogen-bond donors (Lipinski definition) is 1. The van der Waals surface area contributed by atoms with E-state index >= 15 is 0 Å². The molecule has 124 valence electrons. The minimum absolute atomic E-state index is 0. The molecule has 0 aliphatic rings. The number of unbranched alkanes of at least 4 members (excludes halogenated alkanes) is 1. The Morgan fingerprint density at radius 1 is 1.00 bits per heavy atom. The smallest absolute Gasteiger partial charge is 1.00 e. The number of aliphatic hydroxyl groups excluding tert-OH is 1. The van der Waals surface area contributed by atoms with E-state index in [4.69, 9.17) is 4.74 Å². The molecular weight excluding hydrogens is 311 g/mol. The van der Waals surface area contributed by atoms with Crippen molar-refractivity contribution in [1.82, 2.24) is 0 Å². The molecule has 24 heavy (non-hydrogen) atoms. The van der Waals surface area contributed by atoms with E-state index in [0.717, 1.165) is 36.9 Å². The van der Waals surface area contributed by atoms with Crippen molar-refractivity contribution >= 4 is 6.29 Å². The molecule has 0 amide bonds. The standard InChI is InChI=1S/C20H24O3.Na.H/c21-14-13-19(22)16-18-9-11-20(12-10-18)23-15-5-4-8-17-6-2-1-3-7-17;;/h1-3,6-7,9-12,14,19,22H,4-5,8,13,15-16H2;;/q;+1;-1. The van der Waals surface area contributed by atoms with Gasteiger partial charge in [0.1, 0.15) is 12.0 Å². The Morgan fingerprint density at radius 3 is 2.38 bits per heavy atom. The van der Waals surface area contributed by atoms with Crippen LogP contribution in [-0.4, -0.2) is 24.1 Å². The van der Waals surface area contributed by atoms with E-state index in [2.05, 4.69) is 24.3 Å². The predicted octanol–water partition coefficient (Wildman–Crippen LogP) is 0.697. The van der Waals surface area contributed by atoms with Crippen LogP contribution in [0, 0.1) is 0 Å². The molecule has 1 unspecified atom stereocenters. The maximum absolute atomic E-state index is 10.3. The summed E-state index contributed by atoms with van der Waals surface area (Å²) >= 11 is 0. The van der Waals surface area contributed by atoms with Gasteiger partial charge in [0.25, 0.3) is 0 Å². The minimum atomic E-state index is -0.600. The molecule has 4 heteroatoms. The average Bonchev–Trinajstić information content (AvgIpc) is 2.57. The first-order valence-corrected chi connectivity index (χ1v) is 8.15. The largest absolute Gasteiger partial charge is 1.00 e. The number of benzene rings is 2. The van der Waals surface area contributed by atoms with Gasteiger partial charge in [-0.1, -0.05) is 42.5 Å². The third kappa shape index (κ3) is 8.11. The molecule has 2 rings (SSSR count). The zero-order chi connectivity index (χ0) is 16.3. The molecule has 0 saturated carbocycles. The molecule has 0 radical (unpaired) electrons. The van der Waals surface area contributed by atoms with Gasteiger partial charge in [0.2, 0.25) is 0 Å². The normalized spacial score (nSPS) is 11.4. The summed E-state index contributed by atoms with van der Waals surface area (Å²) < 4.78 is 5.73. The Balaban J connectivity index is 0.00000288. The molecule has 0 bridgehead atoms. The van der Waals surface area contributed by atoms with Crippen LogP contribution in [0.15, 0.2) is 54.6 Å². The van der Waals surface area contributed by atoms with Crippen LogP contribution < -0.4 is 34.3 Å². The summed E-state index contributed by atoms with van der Waals surface area (Å²) in [6.07, 6.45) is 4.04. The fraction of sp³-hybridized carbons (Fsp3) is 0.350. The van der Waals surface area contributed by atoms with E-state index in [9.17, 15) is 9.90 Å². The third-order valence-electron chi connectivity index (χ3n) is 3.73. The molecule has 1 atom stereocenters. The molecular formula is C20H25NaO3. The molecule has 0 fully saturated rings. The van der Waals surface area contributed by atoms with Crippen molar-refractivity contribution in [2.45, 2.75) is 38.2 Å². The minimum Gasteiger partial charge on any atom is -1.00 e. The molecule has 3 nitrogen and oxygen atoms in total. The Morgan fingerprint density at radius 2 is 1.71 bits per heavy atom. The molecule has 0 heterocycles. The zero-order valence-electron chi connectivity index (χ0n) is 15.4. The first-order valence-electron chi connectivity index (χ1n) is 8.15. The summed E-state index contributed by atoms with van der Waals surface area (Å²) in [6, 6.07) is 18.2. The number of carbonyl (C=O) groups is 1. The number of aldehydes is 1. The van der Waals surface area contributed by atoms with Crippen molar-refractivity contribution in [2.24, 2.45) is 0 Å². The maximum atomic E-state index is 10.3. The predicted molar refractivity (Wildman–Crippen MR) is 92.8 cm³/mol. The van der Waals surface area contributed by atoms with Crippen molar-refractivity contribution in [3.8, 4) is 5.75 Å². The van der Waals surface area contributed by atoms with Crippen molar-refractivity contribution in [3.63, 3.8) is 0 Å². The Kier molecular flexibility index (Phi) is 10.7. The van der Waals surface area contributed by atoms with Crippen LogP contribution in [0.25, 0.3) is 0 Å².